The summed E-state index contributed by atoms with van der Waals surface area (Å²) in [7, 11) is 3.43. The zero-order valence-electron chi connectivity index (χ0n) is 19.5. The predicted molar refractivity (Wildman–Crippen MR) is 129 cm³/mol. The van der Waals surface area contributed by atoms with Crippen LogP contribution in [0.5, 0.6) is 0 Å². The Hall–Kier alpha value is -3.31. The van der Waals surface area contributed by atoms with Gasteiger partial charge in [0.1, 0.15) is 11.5 Å². The zero-order chi connectivity index (χ0) is 24.7. The number of nitrogens with zero attached hydrogens (tertiary/aromatic N) is 2. The van der Waals surface area contributed by atoms with Crippen molar-refractivity contribution < 1.29 is 18.8 Å². The molecule has 2 aromatic heterocycles. The van der Waals surface area contributed by atoms with Crippen LogP contribution in [0.25, 0.3) is 10.9 Å². The maximum Gasteiger partial charge on any atom is 0.280 e. The van der Waals surface area contributed by atoms with Crippen LogP contribution in [0.15, 0.2) is 24.3 Å². The first-order valence-electron chi connectivity index (χ1n) is 11.6. The second-order valence-electron chi connectivity index (χ2n) is 9.31. The number of nitrogens with one attached hydrogen (secondary N) is 4. The average Bonchev–Trinajstić information content (AvgIpc) is 3.54. The molecule has 4 N–H and O–H groups in total. The molecule has 0 spiro atoms. The lowest BCUT2D eigenvalue weighted by Crippen LogP contribution is -2.56. The van der Waals surface area contributed by atoms with E-state index in [1.807, 2.05) is 0 Å². The molecule has 3 amide bonds. The van der Waals surface area contributed by atoms with Crippen molar-refractivity contribution in [2.75, 3.05) is 14.1 Å². The Morgan fingerprint density at radius 1 is 1.09 bits per heavy atom. The predicted octanol–water partition coefficient (Wildman–Crippen LogP) is 2.15. The van der Waals surface area contributed by atoms with Crippen LogP contribution in [-0.2, 0) is 17.9 Å². The fraction of sp³-hybridized carbons (Fsp3) is 0.417. The number of aromatic amines is 1. The smallest absolute Gasteiger partial charge is 0.280 e. The monoisotopic (exact) mass is 498 g/mol. The van der Waals surface area contributed by atoms with Gasteiger partial charge in [0.25, 0.3) is 11.8 Å². The Morgan fingerprint density at radius 2 is 1.89 bits per heavy atom. The highest BCUT2D eigenvalue weighted by Crippen LogP contribution is 2.28. The molecule has 0 bridgehead atoms. The lowest BCUT2D eigenvalue weighted by molar-refractivity contribution is -0.134. The topological polar surface area (TPSA) is 119 Å². The molecule has 1 aliphatic heterocycles. The summed E-state index contributed by atoms with van der Waals surface area (Å²) in [4.78, 5) is 48.8. The van der Waals surface area contributed by atoms with Gasteiger partial charge in [-0.05, 0) is 43.5 Å². The van der Waals surface area contributed by atoms with Gasteiger partial charge in [0.15, 0.2) is 5.01 Å². The number of hydrogen-bond donors (Lipinski definition) is 4. The number of H-pyrrole nitrogens is 1. The molecule has 35 heavy (non-hydrogen) atoms. The van der Waals surface area contributed by atoms with Gasteiger partial charge in [0.05, 0.1) is 11.7 Å². The van der Waals surface area contributed by atoms with E-state index in [1.54, 1.807) is 31.1 Å². The molecule has 0 radical (unpaired) electrons. The lowest BCUT2D eigenvalue weighted by atomic mass is 9.81. The van der Waals surface area contributed by atoms with Crippen LogP contribution in [-0.4, -0.2) is 58.8 Å². The van der Waals surface area contributed by atoms with Crippen molar-refractivity contribution >= 4 is 40.0 Å². The highest BCUT2D eigenvalue weighted by atomic mass is 32.1. The molecule has 11 heteroatoms. The molecular weight excluding hydrogens is 471 g/mol. The second-order valence-corrected chi connectivity index (χ2v) is 10.4. The first kappa shape index (κ1) is 23.4. The molecule has 5 rings (SSSR count). The van der Waals surface area contributed by atoms with Crippen molar-refractivity contribution in [3.63, 3.8) is 0 Å². The number of hydrogen-bond acceptors (Lipinski definition) is 6. The standard InChI is InChI=1S/C24H27FN6O3S/c1-31(2)24(34)12-3-5-16(28-21(32)18-9-13-7-14(25)4-6-15(13)27-18)17(8-12)29-22(33)23-30-19-10-26-11-20(19)35-23/h4,6-7,9,12,16-17,26-27H,3,5,8,10-11H2,1-2H3,(H,28,32)(H,29,33)/t12-,16?,17+/m0/s1. The number of halogens is 1. The third-order valence-corrected chi connectivity index (χ3v) is 7.75. The zero-order valence-corrected chi connectivity index (χ0v) is 20.3. The van der Waals surface area contributed by atoms with Crippen LogP contribution in [0.2, 0.25) is 0 Å². The van der Waals surface area contributed by atoms with Crippen molar-refractivity contribution in [3.05, 3.63) is 51.4 Å². The quantitative estimate of drug-likeness (QED) is 0.430. The summed E-state index contributed by atoms with van der Waals surface area (Å²) >= 11 is 1.36. The largest absolute Gasteiger partial charge is 0.351 e. The summed E-state index contributed by atoms with van der Waals surface area (Å²) in [5, 5.41) is 10.2. The summed E-state index contributed by atoms with van der Waals surface area (Å²) < 4.78 is 13.6. The number of carbonyl (C=O) groups is 3. The van der Waals surface area contributed by atoms with Gasteiger partial charge in [-0.15, -0.1) is 11.3 Å². The van der Waals surface area contributed by atoms with E-state index in [2.05, 4.69) is 25.9 Å². The highest BCUT2D eigenvalue weighted by molar-refractivity contribution is 7.13. The average molecular weight is 499 g/mol. The number of benzene rings is 1. The first-order valence-corrected chi connectivity index (χ1v) is 12.4. The fourth-order valence-corrected chi connectivity index (χ4v) is 5.80. The number of fused-ring (bicyclic) bond motifs is 2. The molecule has 1 aliphatic carbocycles. The van der Waals surface area contributed by atoms with Crippen LogP contribution in [0.3, 0.4) is 0 Å². The van der Waals surface area contributed by atoms with E-state index >= 15 is 0 Å². The molecule has 1 saturated carbocycles. The van der Waals surface area contributed by atoms with E-state index in [9.17, 15) is 18.8 Å². The van der Waals surface area contributed by atoms with E-state index in [4.69, 9.17) is 0 Å². The minimum Gasteiger partial charge on any atom is -0.351 e. The minimum atomic E-state index is -0.437. The van der Waals surface area contributed by atoms with E-state index in [0.29, 0.717) is 54.0 Å². The molecular formula is C24H27FN6O3S. The Kier molecular flexibility index (Phi) is 6.28. The van der Waals surface area contributed by atoms with Gasteiger partial charge >= 0.3 is 0 Å². The van der Waals surface area contributed by atoms with Gasteiger partial charge in [-0.1, -0.05) is 0 Å². The molecule has 1 fully saturated rings. The fourth-order valence-electron chi connectivity index (χ4n) is 4.85. The van der Waals surface area contributed by atoms with Crippen LogP contribution < -0.4 is 16.0 Å². The van der Waals surface area contributed by atoms with Gasteiger partial charge in [-0.25, -0.2) is 9.37 Å². The van der Waals surface area contributed by atoms with Crippen molar-refractivity contribution in [3.8, 4) is 0 Å². The Balaban J connectivity index is 1.33. The second kappa shape index (κ2) is 9.38. The Labute approximate surface area is 205 Å². The third kappa shape index (κ3) is 4.78. The number of carbonyl (C=O) groups excluding carboxylic acids is 3. The maximum absolute atomic E-state index is 13.6. The Bertz CT molecular complexity index is 1280. The molecule has 1 aromatic carbocycles. The van der Waals surface area contributed by atoms with E-state index in [-0.39, 0.29) is 35.5 Å². The lowest BCUT2D eigenvalue weighted by Gasteiger charge is -2.37. The highest BCUT2D eigenvalue weighted by Gasteiger charge is 2.37. The Morgan fingerprint density at radius 3 is 2.66 bits per heavy atom. The molecule has 3 aromatic rings. The van der Waals surface area contributed by atoms with Gasteiger partial charge in [-0.2, -0.15) is 0 Å². The van der Waals surface area contributed by atoms with Crippen LogP contribution in [0, 0.1) is 11.7 Å². The van der Waals surface area contributed by atoms with Crippen molar-refractivity contribution in [2.24, 2.45) is 5.92 Å². The number of thiazole rings is 1. The molecule has 1 unspecified atom stereocenters. The SMILES string of the molecule is CN(C)C(=O)[C@H]1CCC(NC(=O)c2cc3cc(F)ccc3[nH]2)[C@H](NC(=O)c2nc3c(s2)CNC3)C1. The van der Waals surface area contributed by atoms with Gasteiger partial charge in [-0.3, -0.25) is 14.4 Å². The number of amides is 3. The van der Waals surface area contributed by atoms with Gasteiger partial charge < -0.3 is 25.8 Å². The summed E-state index contributed by atoms with van der Waals surface area (Å²) in [5.41, 5.74) is 1.86. The van der Waals surface area contributed by atoms with Gasteiger partial charge in [0.2, 0.25) is 5.91 Å². The van der Waals surface area contributed by atoms with Crippen LogP contribution in [0.4, 0.5) is 4.39 Å². The normalized spacial score (nSPS) is 21.5. The first-order chi connectivity index (χ1) is 16.8. The van der Waals surface area contributed by atoms with E-state index in [1.165, 1.54) is 23.5 Å². The van der Waals surface area contributed by atoms with Crippen LogP contribution in [0.1, 0.15) is 50.1 Å². The minimum absolute atomic E-state index is 0.00553. The third-order valence-electron chi connectivity index (χ3n) is 6.65. The molecule has 3 heterocycles. The summed E-state index contributed by atoms with van der Waals surface area (Å²) in [6, 6.07) is 5.09. The molecule has 9 nitrogen and oxygen atoms in total. The number of rotatable bonds is 5. The van der Waals surface area contributed by atoms with Crippen LogP contribution >= 0.6 is 11.3 Å². The van der Waals surface area contributed by atoms with Crippen molar-refractivity contribution in [2.45, 2.75) is 44.4 Å². The number of aromatic nitrogens is 2. The summed E-state index contributed by atoms with van der Waals surface area (Å²) in [6.07, 6.45) is 1.55. The van der Waals surface area contributed by atoms with E-state index < -0.39 is 6.04 Å². The molecule has 2 aliphatic rings. The van der Waals surface area contributed by atoms with Crippen molar-refractivity contribution in [1.82, 2.24) is 30.8 Å². The maximum atomic E-state index is 13.6. The molecule has 184 valence electrons. The van der Waals surface area contributed by atoms with Crippen molar-refractivity contribution in [1.29, 1.82) is 0 Å². The summed E-state index contributed by atoms with van der Waals surface area (Å²) in [5.74, 6) is -1.26. The van der Waals surface area contributed by atoms with Gasteiger partial charge in [0, 0.05) is 54.9 Å². The molecule has 0 saturated heterocycles. The molecule has 3 atom stereocenters. The summed E-state index contributed by atoms with van der Waals surface area (Å²) in [6.45, 7) is 1.35. The van der Waals surface area contributed by atoms with E-state index in [0.717, 1.165) is 10.6 Å².